The Labute approximate surface area is 119 Å². The van der Waals surface area contributed by atoms with Gasteiger partial charge in [-0.1, -0.05) is 0 Å². The maximum Gasteiger partial charge on any atom is 0.223 e. The van der Waals surface area contributed by atoms with Gasteiger partial charge in [0.25, 0.3) is 0 Å². The van der Waals surface area contributed by atoms with Crippen molar-refractivity contribution in [3.05, 3.63) is 6.07 Å². The van der Waals surface area contributed by atoms with Crippen LogP contribution in [0.15, 0.2) is 6.07 Å². The smallest absolute Gasteiger partial charge is 0.223 e. The monoisotopic (exact) mass is 278 g/mol. The third kappa shape index (κ3) is 2.78. The zero-order valence-corrected chi connectivity index (χ0v) is 11.9. The average molecular weight is 278 g/mol. The molecule has 7 heteroatoms. The molecular weight excluding hydrogens is 256 g/mol. The topological polar surface area (TPSA) is 79.5 Å². The number of nitrogens with one attached hydrogen (secondary N) is 1. The summed E-state index contributed by atoms with van der Waals surface area (Å²) in [5, 5.41) is 3.02. The molecule has 0 saturated carbocycles. The molecule has 0 aromatic carbocycles. The number of ether oxygens (including phenoxy) is 1. The van der Waals surface area contributed by atoms with Crippen molar-refractivity contribution < 1.29 is 4.74 Å². The highest BCUT2D eigenvalue weighted by atomic mass is 16.5. The Morgan fingerprint density at radius 1 is 1.30 bits per heavy atom. The van der Waals surface area contributed by atoms with Gasteiger partial charge in [0.2, 0.25) is 5.95 Å². The number of nitrogens with two attached hydrogens (primary N) is 1. The molecule has 0 radical (unpaired) electrons. The third-order valence-corrected chi connectivity index (χ3v) is 4.04. The molecular formula is C13H22N6O. The second-order valence-electron chi connectivity index (χ2n) is 5.26. The highest BCUT2D eigenvalue weighted by Crippen LogP contribution is 2.24. The molecule has 7 nitrogen and oxygen atoms in total. The molecule has 1 atom stereocenters. The first-order valence-corrected chi connectivity index (χ1v) is 7.15. The first-order valence-electron chi connectivity index (χ1n) is 7.15. The number of rotatable bonds is 3. The van der Waals surface area contributed by atoms with Gasteiger partial charge in [-0.3, -0.25) is 4.90 Å². The van der Waals surface area contributed by atoms with E-state index in [1.54, 1.807) is 0 Å². The van der Waals surface area contributed by atoms with E-state index in [0.717, 1.165) is 51.0 Å². The molecule has 2 fully saturated rings. The van der Waals surface area contributed by atoms with E-state index in [4.69, 9.17) is 10.5 Å². The lowest BCUT2D eigenvalue weighted by Crippen LogP contribution is -2.44. The van der Waals surface area contributed by atoms with Crippen LogP contribution in [-0.2, 0) is 4.74 Å². The summed E-state index contributed by atoms with van der Waals surface area (Å²) in [6.07, 6.45) is 1.17. The summed E-state index contributed by atoms with van der Waals surface area (Å²) in [7, 11) is 1.84. The number of hydrogen-bond acceptors (Lipinski definition) is 7. The first-order chi connectivity index (χ1) is 9.76. The van der Waals surface area contributed by atoms with Crippen LogP contribution in [0.3, 0.4) is 0 Å². The molecule has 2 aliphatic heterocycles. The number of hydrogen-bond donors (Lipinski definition) is 2. The van der Waals surface area contributed by atoms with E-state index < -0.39 is 0 Å². The van der Waals surface area contributed by atoms with Crippen molar-refractivity contribution in [2.24, 2.45) is 0 Å². The molecule has 2 saturated heterocycles. The Bertz CT molecular complexity index is 462. The van der Waals surface area contributed by atoms with Crippen LogP contribution < -0.4 is 16.0 Å². The minimum Gasteiger partial charge on any atom is -0.379 e. The molecule has 0 spiro atoms. The van der Waals surface area contributed by atoms with Gasteiger partial charge in [-0.15, -0.1) is 0 Å². The van der Waals surface area contributed by atoms with Gasteiger partial charge in [-0.05, 0) is 6.42 Å². The van der Waals surface area contributed by atoms with Crippen molar-refractivity contribution >= 4 is 17.6 Å². The van der Waals surface area contributed by atoms with Gasteiger partial charge in [0.15, 0.2) is 0 Å². The molecule has 0 aliphatic carbocycles. The fourth-order valence-electron chi connectivity index (χ4n) is 2.93. The maximum absolute atomic E-state index is 5.76. The maximum atomic E-state index is 5.76. The number of morpholine rings is 1. The SMILES string of the molecule is CNc1cc(N2CCC(N3CCOCC3)C2)nc(N)n1. The van der Waals surface area contributed by atoms with E-state index in [-0.39, 0.29) is 0 Å². The second-order valence-corrected chi connectivity index (χ2v) is 5.26. The molecule has 0 bridgehead atoms. The summed E-state index contributed by atoms with van der Waals surface area (Å²) in [5.41, 5.74) is 5.76. The predicted molar refractivity (Wildman–Crippen MR) is 79.0 cm³/mol. The van der Waals surface area contributed by atoms with Crippen molar-refractivity contribution in [2.45, 2.75) is 12.5 Å². The van der Waals surface area contributed by atoms with Crippen molar-refractivity contribution in [3.8, 4) is 0 Å². The molecule has 0 amide bonds. The van der Waals surface area contributed by atoms with Gasteiger partial charge in [0.1, 0.15) is 11.6 Å². The van der Waals surface area contributed by atoms with E-state index in [9.17, 15) is 0 Å². The predicted octanol–water partition coefficient (Wildman–Crippen LogP) is 0.0114. The summed E-state index contributed by atoms with van der Waals surface area (Å²) in [6, 6.07) is 2.55. The van der Waals surface area contributed by atoms with Crippen LogP contribution in [-0.4, -0.2) is 67.4 Å². The van der Waals surface area contributed by atoms with E-state index in [2.05, 4.69) is 25.1 Å². The Balaban J connectivity index is 1.68. The highest BCUT2D eigenvalue weighted by Gasteiger charge is 2.29. The zero-order chi connectivity index (χ0) is 13.9. The molecule has 1 aromatic heterocycles. The molecule has 1 unspecified atom stereocenters. The number of aromatic nitrogens is 2. The lowest BCUT2D eigenvalue weighted by molar-refractivity contribution is 0.0209. The minimum atomic E-state index is 0.321. The van der Waals surface area contributed by atoms with Crippen LogP contribution >= 0.6 is 0 Å². The van der Waals surface area contributed by atoms with Gasteiger partial charge in [0, 0.05) is 45.3 Å². The van der Waals surface area contributed by atoms with Crippen LogP contribution in [0.1, 0.15) is 6.42 Å². The van der Waals surface area contributed by atoms with E-state index in [0.29, 0.717) is 12.0 Å². The van der Waals surface area contributed by atoms with Crippen molar-refractivity contribution in [1.82, 2.24) is 14.9 Å². The van der Waals surface area contributed by atoms with Crippen molar-refractivity contribution in [2.75, 3.05) is 62.4 Å². The van der Waals surface area contributed by atoms with Crippen LogP contribution in [0.4, 0.5) is 17.6 Å². The lowest BCUT2D eigenvalue weighted by Gasteiger charge is -2.32. The van der Waals surface area contributed by atoms with E-state index in [1.807, 2.05) is 13.1 Å². The van der Waals surface area contributed by atoms with E-state index in [1.165, 1.54) is 6.42 Å². The third-order valence-electron chi connectivity index (χ3n) is 4.04. The Morgan fingerprint density at radius 2 is 2.10 bits per heavy atom. The second kappa shape index (κ2) is 5.80. The number of nitrogens with zero attached hydrogens (tertiary/aromatic N) is 4. The summed E-state index contributed by atoms with van der Waals surface area (Å²) in [4.78, 5) is 13.3. The summed E-state index contributed by atoms with van der Waals surface area (Å²) < 4.78 is 5.42. The van der Waals surface area contributed by atoms with Gasteiger partial charge in [-0.2, -0.15) is 9.97 Å². The molecule has 3 rings (SSSR count). The van der Waals surface area contributed by atoms with Gasteiger partial charge < -0.3 is 20.7 Å². The minimum absolute atomic E-state index is 0.321. The zero-order valence-electron chi connectivity index (χ0n) is 11.9. The normalized spacial score (nSPS) is 24.1. The van der Waals surface area contributed by atoms with Crippen LogP contribution in [0.25, 0.3) is 0 Å². The van der Waals surface area contributed by atoms with Gasteiger partial charge >= 0.3 is 0 Å². The number of anilines is 3. The lowest BCUT2D eigenvalue weighted by atomic mass is 10.2. The molecule has 2 aliphatic rings. The van der Waals surface area contributed by atoms with Gasteiger partial charge in [0.05, 0.1) is 13.2 Å². The highest BCUT2D eigenvalue weighted by molar-refractivity contribution is 5.53. The van der Waals surface area contributed by atoms with Crippen molar-refractivity contribution in [1.29, 1.82) is 0 Å². The summed E-state index contributed by atoms with van der Waals surface area (Å²) >= 11 is 0. The molecule has 20 heavy (non-hydrogen) atoms. The standard InChI is InChI=1S/C13H22N6O/c1-15-11-8-12(17-13(14)16-11)19-3-2-10(9-19)18-4-6-20-7-5-18/h8,10H,2-7,9H2,1H3,(H3,14,15,16,17). The number of nitrogen functional groups attached to an aromatic ring is 1. The average Bonchev–Trinajstić information content (AvgIpc) is 2.97. The summed E-state index contributed by atoms with van der Waals surface area (Å²) in [6.45, 7) is 5.78. The Hall–Kier alpha value is -1.60. The molecule has 3 heterocycles. The Kier molecular flexibility index (Phi) is 3.88. The first kappa shape index (κ1) is 13.4. The van der Waals surface area contributed by atoms with Crippen LogP contribution in [0.5, 0.6) is 0 Å². The fraction of sp³-hybridized carbons (Fsp3) is 0.692. The largest absolute Gasteiger partial charge is 0.379 e. The van der Waals surface area contributed by atoms with Crippen LogP contribution in [0, 0.1) is 0 Å². The molecule has 1 aromatic rings. The van der Waals surface area contributed by atoms with Crippen LogP contribution in [0.2, 0.25) is 0 Å². The quantitative estimate of drug-likeness (QED) is 0.806. The Morgan fingerprint density at radius 3 is 2.85 bits per heavy atom. The van der Waals surface area contributed by atoms with Gasteiger partial charge in [-0.25, -0.2) is 0 Å². The molecule has 3 N–H and O–H groups in total. The fourth-order valence-corrected chi connectivity index (χ4v) is 2.93. The van der Waals surface area contributed by atoms with Crippen molar-refractivity contribution in [3.63, 3.8) is 0 Å². The summed E-state index contributed by atoms with van der Waals surface area (Å²) in [5.74, 6) is 2.00. The molecule has 110 valence electrons. The van der Waals surface area contributed by atoms with E-state index >= 15 is 0 Å².